The van der Waals surface area contributed by atoms with Crippen molar-refractivity contribution in [2.45, 2.75) is 18.8 Å². The van der Waals surface area contributed by atoms with Crippen LogP contribution in [0.3, 0.4) is 0 Å². The highest BCUT2D eigenvalue weighted by molar-refractivity contribution is 5.97. The molecule has 1 aliphatic rings. The molecule has 2 aromatic rings. The van der Waals surface area contributed by atoms with E-state index in [4.69, 9.17) is 0 Å². The lowest BCUT2D eigenvalue weighted by Crippen LogP contribution is -2.36. The van der Waals surface area contributed by atoms with Crippen molar-refractivity contribution in [1.82, 2.24) is 4.90 Å². The van der Waals surface area contributed by atoms with Crippen LogP contribution in [-0.4, -0.2) is 30.3 Å². The van der Waals surface area contributed by atoms with E-state index in [-0.39, 0.29) is 11.6 Å². The molecule has 0 bridgehead atoms. The summed E-state index contributed by atoms with van der Waals surface area (Å²) in [6.45, 7) is 2.30. The zero-order valence-corrected chi connectivity index (χ0v) is 12.5. The number of nitrogens with zero attached hydrogens (tertiary/aromatic N) is 1. The van der Waals surface area contributed by atoms with Crippen LogP contribution in [0.1, 0.15) is 34.7 Å². The van der Waals surface area contributed by atoms with Crippen LogP contribution in [-0.2, 0) is 0 Å². The van der Waals surface area contributed by atoms with Crippen LogP contribution in [0.25, 0.3) is 0 Å². The molecule has 0 aromatic heterocycles. The van der Waals surface area contributed by atoms with Crippen LogP contribution < -0.4 is 0 Å². The number of Topliss-reactive ketones (excluding diaryl/α,β-unsaturated/α-hetero) is 1. The highest BCUT2D eigenvalue weighted by Gasteiger charge is 2.22. The van der Waals surface area contributed by atoms with Gasteiger partial charge in [0.2, 0.25) is 0 Å². The fourth-order valence-electron chi connectivity index (χ4n) is 3.08. The monoisotopic (exact) mass is 297 g/mol. The maximum Gasteiger partial charge on any atom is 0.176 e. The van der Waals surface area contributed by atoms with E-state index in [0.29, 0.717) is 18.0 Å². The van der Waals surface area contributed by atoms with E-state index in [1.165, 1.54) is 17.7 Å². The molecular weight excluding hydrogens is 277 g/mol. The summed E-state index contributed by atoms with van der Waals surface area (Å²) in [4.78, 5) is 14.4. The van der Waals surface area contributed by atoms with Gasteiger partial charge in [0.25, 0.3) is 0 Å². The average molecular weight is 297 g/mol. The molecule has 0 spiro atoms. The van der Waals surface area contributed by atoms with Gasteiger partial charge in [-0.15, -0.1) is 0 Å². The molecule has 2 aromatic carbocycles. The predicted molar refractivity (Wildman–Crippen MR) is 85.6 cm³/mol. The lowest BCUT2D eigenvalue weighted by Gasteiger charge is -2.31. The van der Waals surface area contributed by atoms with Crippen LogP contribution in [0.2, 0.25) is 0 Å². The zero-order valence-electron chi connectivity index (χ0n) is 12.5. The van der Waals surface area contributed by atoms with E-state index in [1.807, 2.05) is 6.07 Å². The summed E-state index contributed by atoms with van der Waals surface area (Å²) in [5.74, 6) is 0.358. The zero-order chi connectivity index (χ0) is 15.4. The Morgan fingerprint density at radius 2 is 1.64 bits per heavy atom. The van der Waals surface area contributed by atoms with Gasteiger partial charge in [-0.1, -0.05) is 30.3 Å². The second kappa shape index (κ2) is 6.84. The molecule has 0 N–H and O–H groups in total. The number of carbonyl (C=O) groups is 1. The van der Waals surface area contributed by atoms with Gasteiger partial charge in [-0.25, -0.2) is 4.39 Å². The summed E-state index contributed by atoms with van der Waals surface area (Å²) >= 11 is 0. The number of halogens is 1. The van der Waals surface area contributed by atoms with Gasteiger partial charge in [0.1, 0.15) is 5.82 Å². The highest BCUT2D eigenvalue weighted by Crippen LogP contribution is 2.27. The van der Waals surface area contributed by atoms with Crippen LogP contribution >= 0.6 is 0 Å². The number of hydrogen-bond acceptors (Lipinski definition) is 2. The first-order chi connectivity index (χ1) is 10.7. The normalized spacial score (nSPS) is 16.6. The molecule has 0 atom stereocenters. The molecule has 1 saturated heterocycles. The van der Waals surface area contributed by atoms with Gasteiger partial charge >= 0.3 is 0 Å². The number of rotatable bonds is 4. The molecule has 0 aliphatic carbocycles. The number of carbonyl (C=O) groups excluding carboxylic acids is 1. The first kappa shape index (κ1) is 14.9. The van der Waals surface area contributed by atoms with E-state index in [0.717, 1.165) is 25.9 Å². The molecule has 0 saturated carbocycles. The summed E-state index contributed by atoms with van der Waals surface area (Å²) in [5.41, 5.74) is 1.98. The van der Waals surface area contributed by atoms with E-state index in [9.17, 15) is 9.18 Å². The Kier molecular flexibility index (Phi) is 4.64. The van der Waals surface area contributed by atoms with Crippen molar-refractivity contribution in [3.63, 3.8) is 0 Å². The number of ketones is 1. The smallest absolute Gasteiger partial charge is 0.176 e. The molecule has 2 nitrogen and oxygen atoms in total. The quantitative estimate of drug-likeness (QED) is 0.798. The summed E-state index contributed by atoms with van der Waals surface area (Å²) in [7, 11) is 0. The second-order valence-electron chi connectivity index (χ2n) is 5.89. The predicted octanol–water partition coefficient (Wildman–Crippen LogP) is 3.89. The molecule has 22 heavy (non-hydrogen) atoms. The second-order valence-corrected chi connectivity index (χ2v) is 5.89. The lowest BCUT2D eigenvalue weighted by molar-refractivity contribution is 0.0909. The number of piperidine rings is 1. The highest BCUT2D eigenvalue weighted by atomic mass is 19.1. The Hall–Kier alpha value is -2.00. The molecule has 3 rings (SSSR count). The Bertz CT molecular complexity index is 616. The van der Waals surface area contributed by atoms with E-state index < -0.39 is 0 Å². The summed E-state index contributed by atoms with van der Waals surface area (Å²) in [6.07, 6.45) is 2.17. The molecule has 1 heterocycles. The molecular formula is C19H20FNO. The third kappa shape index (κ3) is 3.60. The van der Waals surface area contributed by atoms with Gasteiger partial charge in [0.05, 0.1) is 6.54 Å². The minimum absolute atomic E-state index is 0.0677. The van der Waals surface area contributed by atoms with Gasteiger partial charge < -0.3 is 0 Å². The summed E-state index contributed by atoms with van der Waals surface area (Å²) in [5, 5.41) is 0. The molecule has 1 aliphatic heterocycles. The number of benzene rings is 2. The van der Waals surface area contributed by atoms with Crippen molar-refractivity contribution in [2.24, 2.45) is 0 Å². The Balaban J connectivity index is 1.53. The largest absolute Gasteiger partial charge is 0.296 e. The fraction of sp³-hybridized carbons (Fsp3) is 0.316. The van der Waals surface area contributed by atoms with Gasteiger partial charge in [0.15, 0.2) is 5.78 Å². The van der Waals surface area contributed by atoms with Crippen LogP contribution in [0.15, 0.2) is 54.6 Å². The van der Waals surface area contributed by atoms with Crippen molar-refractivity contribution >= 4 is 5.78 Å². The number of likely N-dealkylation sites (tertiary alicyclic amines) is 1. The lowest BCUT2D eigenvalue weighted by atomic mass is 9.89. The van der Waals surface area contributed by atoms with Gasteiger partial charge in [-0.05, 0) is 61.7 Å². The standard InChI is InChI=1S/C19H20FNO/c20-18-8-6-17(7-9-18)19(22)14-21-12-10-16(11-13-21)15-4-2-1-3-5-15/h1-9,16H,10-14H2. The van der Waals surface area contributed by atoms with Crippen molar-refractivity contribution in [3.05, 3.63) is 71.5 Å². The minimum atomic E-state index is -0.305. The van der Waals surface area contributed by atoms with Crippen LogP contribution in [0, 0.1) is 5.82 Å². The van der Waals surface area contributed by atoms with Crippen LogP contribution in [0.4, 0.5) is 4.39 Å². The fourth-order valence-corrected chi connectivity index (χ4v) is 3.08. The SMILES string of the molecule is O=C(CN1CCC(c2ccccc2)CC1)c1ccc(F)cc1. The summed E-state index contributed by atoms with van der Waals surface area (Å²) in [6, 6.07) is 16.4. The van der Waals surface area contributed by atoms with E-state index in [1.54, 1.807) is 12.1 Å². The molecule has 0 radical (unpaired) electrons. The van der Waals surface area contributed by atoms with Gasteiger partial charge in [-0.2, -0.15) is 0 Å². The molecule has 0 amide bonds. The summed E-state index contributed by atoms with van der Waals surface area (Å²) < 4.78 is 12.9. The van der Waals surface area contributed by atoms with Gasteiger partial charge in [-0.3, -0.25) is 9.69 Å². The van der Waals surface area contributed by atoms with Gasteiger partial charge in [0, 0.05) is 5.56 Å². The van der Waals surface area contributed by atoms with Crippen molar-refractivity contribution < 1.29 is 9.18 Å². The first-order valence-corrected chi connectivity index (χ1v) is 7.78. The van der Waals surface area contributed by atoms with Crippen LogP contribution in [0.5, 0.6) is 0 Å². The molecule has 0 unspecified atom stereocenters. The third-order valence-corrected chi connectivity index (χ3v) is 4.39. The molecule has 114 valence electrons. The molecule has 1 fully saturated rings. The Morgan fingerprint density at radius 3 is 2.27 bits per heavy atom. The average Bonchev–Trinajstić information content (AvgIpc) is 2.57. The van der Waals surface area contributed by atoms with E-state index in [2.05, 4.69) is 29.2 Å². The topological polar surface area (TPSA) is 20.3 Å². The van der Waals surface area contributed by atoms with Crippen molar-refractivity contribution in [3.8, 4) is 0 Å². The van der Waals surface area contributed by atoms with Crippen molar-refractivity contribution in [1.29, 1.82) is 0 Å². The first-order valence-electron chi connectivity index (χ1n) is 7.78. The number of hydrogen-bond donors (Lipinski definition) is 0. The maximum atomic E-state index is 12.9. The van der Waals surface area contributed by atoms with Crippen molar-refractivity contribution in [2.75, 3.05) is 19.6 Å². The van der Waals surface area contributed by atoms with E-state index >= 15 is 0 Å². The maximum absolute atomic E-state index is 12.9. The Morgan fingerprint density at radius 1 is 1.00 bits per heavy atom. The third-order valence-electron chi connectivity index (χ3n) is 4.39. The Labute approximate surface area is 130 Å². The minimum Gasteiger partial charge on any atom is -0.296 e. The molecule has 3 heteroatoms.